The smallest absolute Gasteiger partial charge is 0.419 e. The van der Waals surface area contributed by atoms with Crippen molar-refractivity contribution in [2.24, 2.45) is 0 Å². The standard InChI is InChI=1S/C23H28N8O4S/c1-2-3-10-34-21-28-18(24)17-20(29-21)31(22(32)27-17)12-15-4-5-16(36-15)13-35-23(33)30-9-8-26-19(30)14-6-7-25-11-14/h4-5,8-9,14,25H,2-3,6-7,10-13H2,1H3,(H,27,32)(H2,24,28,29). The van der Waals surface area contributed by atoms with Crippen LogP contribution in [0.4, 0.5) is 10.6 Å². The van der Waals surface area contributed by atoms with Crippen molar-refractivity contribution in [2.45, 2.75) is 45.3 Å². The topological polar surface area (TPSA) is 155 Å². The van der Waals surface area contributed by atoms with Crippen molar-refractivity contribution in [1.82, 2.24) is 34.4 Å². The number of nitrogens with one attached hydrogen (secondary N) is 2. The third-order valence-electron chi connectivity index (χ3n) is 6.02. The van der Waals surface area contributed by atoms with E-state index in [2.05, 4.69) is 32.2 Å². The first-order valence-electron chi connectivity index (χ1n) is 11.9. The molecular formula is C23H28N8O4S. The summed E-state index contributed by atoms with van der Waals surface area (Å²) in [5.74, 6) is 1.08. The fourth-order valence-corrected chi connectivity index (χ4v) is 5.06. The van der Waals surface area contributed by atoms with Crippen LogP contribution in [-0.4, -0.2) is 54.9 Å². The molecule has 1 aliphatic heterocycles. The number of nitrogens with two attached hydrogens (primary N) is 1. The van der Waals surface area contributed by atoms with Gasteiger partial charge in [-0.3, -0.25) is 4.57 Å². The van der Waals surface area contributed by atoms with E-state index in [-0.39, 0.29) is 36.6 Å². The minimum Gasteiger partial charge on any atom is -0.463 e. The summed E-state index contributed by atoms with van der Waals surface area (Å²) in [6, 6.07) is 3.92. The number of carbonyl (C=O) groups excluding carboxylic acids is 1. The Morgan fingerprint density at radius 3 is 2.97 bits per heavy atom. The molecule has 13 heteroatoms. The molecule has 0 spiro atoms. The Morgan fingerprint density at radius 2 is 2.17 bits per heavy atom. The average molecular weight is 513 g/mol. The lowest BCUT2D eigenvalue weighted by atomic mass is 10.1. The third-order valence-corrected chi connectivity index (χ3v) is 7.06. The summed E-state index contributed by atoms with van der Waals surface area (Å²) in [6.07, 6.45) is 5.57. The highest BCUT2D eigenvalue weighted by Gasteiger charge is 2.24. The zero-order valence-corrected chi connectivity index (χ0v) is 20.7. The van der Waals surface area contributed by atoms with Crippen LogP contribution in [0.2, 0.25) is 0 Å². The minimum absolute atomic E-state index is 0.122. The number of nitrogen functional groups attached to an aromatic ring is 1. The molecule has 190 valence electrons. The Balaban J connectivity index is 1.27. The van der Waals surface area contributed by atoms with Crippen molar-refractivity contribution in [2.75, 3.05) is 25.4 Å². The molecule has 0 radical (unpaired) electrons. The number of H-pyrrole nitrogens is 1. The number of imidazole rings is 2. The molecule has 1 aliphatic rings. The van der Waals surface area contributed by atoms with E-state index < -0.39 is 6.09 Å². The van der Waals surface area contributed by atoms with Gasteiger partial charge in [0, 0.05) is 34.6 Å². The van der Waals surface area contributed by atoms with Crippen LogP contribution >= 0.6 is 11.3 Å². The van der Waals surface area contributed by atoms with Crippen LogP contribution < -0.4 is 21.5 Å². The van der Waals surface area contributed by atoms with Crippen molar-refractivity contribution < 1.29 is 14.3 Å². The molecule has 1 saturated heterocycles. The number of carbonyl (C=O) groups is 1. The van der Waals surface area contributed by atoms with Crippen molar-refractivity contribution in [3.05, 3.63) is 50.6 Å². The van der Waals surface area contributed by atoms with Gasteiger partial charge in [0.2, 0.25) is 0 Å². The van der Waals surface area contributed by atoms with Crippen molar-refractivity contribution in [3.8, 4) is 6.01 Å². The molecule has 5 rings (SSSR count). The number of hydrogen-bond acceptors (Lipinski definition) is 10. The van der Waals surface area contributed by atoms with E-state index in [4.69, 9.17) is 15.2 Å². The maximum Gasteiger partial charge on any atom is 0.419 e. The second kappa shape index (κ2) is 10.5. The van der Waals surface area contributed by atoms with E-state index in [0.717, 1.165) is 47.9 Å². The highest BCUT2D eigenvalue weighted by atomic mass is 32.1. The van der Waals surface area contributed by atoms with Gasteiger partial charge in [-0.25, -0.2) is 19.1 Å². The highest BCUT2D eigenvalue weighted by Crippen LogP contribution is 2.23. The van der Waals surface area contributed by atoms with E-state index in [9.17, 15) is 9.59 Å². The Morgan fingerprint density at radius 1 is 1.31 bits per heavy atom. The van der Waals surface area contributed by atoms with Gasteiger partial charge >= 0.3 is 17.8 Å². The lowest BCUT2D eigenvalue weighted by Crippen LogP contribution is -2.19. The minimum atomic E-state index is -0.458. The van der Waals surface area contributed by atoms with Gasteiger partial charge in [0.1, 0.15) is 17.9 Å². The highest BCUT2D eigenvalue weighted by molar-refractivity contribution is 7.11. The summed E-state index contributed by atoms with van der Waals surface area (Å²) in [5, 5.41) is 3.29. The van der Waals surface area contributed by atoms with Crippen LogP contribution in [0.1, 0.15) is 47.7 Å². The van der Waals surface area contributed by atoms with Crippen LogP contribution in [0.5, 0.6) is 6.01 Å². The first-order chi connectivity index (χ1) is 17.5. The van der Waals surface area contributed by atoms with E-state index in [1.54, 1.807) is 12.4 Å². The Labute approximate surface area is 210 Å². The lowest BCUT2D eigenvalue weighted by Gasteiger charge is -2.11. The number of ether oxygens (including phenoxy) is 2. The maximum absolute atomic E-state index is 12.7. The van der Waals surface area contributed by atoms with Gasteiger partial charge in [-0.05, 0) is 31.5 Å². The number of unbranched alkanes of at least 4 members (excludes halogenated alkanes) is 1. The number of aromatic nitrogens is 6. The van der Waals surface area contributed by atoms with Crippen molar-refractivity contribution in [1.29, 1.82) is 0 Å². The molecule has 4 aromatic heterocycles. The fraction of sp³-hybridized carbons (Fsp3) is 0.435. The molecule has 0 saturated carbocycles. The second-order valence-electron chi connectivity index (χ2n) is 8.58. The number of anilines is 1. The number of thiophene rings is 1. The van der Waals surface area contributed by atoms with E-state index in [0.29, 0.717) is 17.8 Å². The van der Waals surface area contributed by atoms with E-state index in [1.165, 1.54) is 20.5 Å². The summed E-state index contributed by atoms with van der Waals surface area (Å²) < 4.78 is 14.1. The van der Waals surface area contributed by atoms with Crippen molar-refractivity contribution >= 4 is 34.4 Å². The molecule has 0 bridgehead atoms. The van der Waals surface area contributed by atoms with Gasteiger partial charge in [0.25, 0.3) is 0 Å². The maximum atomic E-state index is 12.7. The lowest BCUT2D eigenvalue weighted by molar-refractivity contribution is 0.141. The molecule has 0 amide bonds. The normalized spacial score (nSPS) is 15.5. The largest absolute Gasteiger partial charge is 0.463 e. The van der Waals surface area contributed by atoms with Gasteiger partial charge in [-0.1, -0.05) is 13.3 Å². The number of aromatic amines is 1. The first kappa shape index (κ1) is 24.0. The molecular weight excluding hydrogens is 484 g/mol. The van der Waals surface area contributed by atoms with Gasteiger partial charge in [0.05, 0.1) is 13.2 Å². The Bertz CT molecular complexity index is 1420. The van der Waals surface area contributed by atoms with Gasteiger partial charge in [-0.15, -0.1) is 11.3 Å². The van der Waals surface area contributed by atoms with Crippen LogP contribution in [0.3, 0.4) is 0 Å². The van der Waals surface area contributed by atoms with Crippen molar-refractivity contribution in [3.63, 3.8) is 0 Å². The van der Waals surface area contributed by atoms with Crippen LogP contribution in [-0.2, 0) is 17.9 Å². The van der Waals surface area contributed by atoms with Crippen LogP contribution in [0.15, 0.2) is 29.3 Å². The molecule has 0 aliphatic carbocycles. The van der Waals surface area contributed by atoms with Crippen LogP contribution in [0, 0.1) is 0 Å². The Hall–Kier alpha value is -3.71. The zero-order valence-electron chi connectivity index (χ0n) is 19.9. The number of nitrogens with zero attached hydrogens (tertiary/aromatic N) is 5. The van der Waals surface area contributed by atoms with Gasteiger partial charge < -0.3 is 25.5 Å². The molecule has 1 unspecified atom stereocenters. The Kier molecular flexibility index (Phi) is 7.00. The summed E-state index contributed by atoms with van der Waals surface area (Å²) in [6.45, 7) is 4.65. The molecule has 0 aromatic carbocycles. The van der Waals surface area contributed by atoms with Crippen LogP contribution in [0.25, 0.3) is 11.2 Å². The molecule has 1 fully saturated rings. The molecule has 1 atom stereocenters. The quantitative estimate of drug-likeness (QED) is 0.287. The monoisotopic (exact) mass is 512 g/mol. The molecule has 4 aromatic rings. The predicted molar refractivity (Wildman–Crippen MR) is 134 cm³/mol. The predicted octanol–water partition coefficient (Wildman–Crippen LogP) is 2.45. The molecule has 36 heavy (non-hydrogen) atoms. The fourth-order valence-electron chi connectivity index (χ4n) is 4.14. The molecule has 4 N–H and O–H groups in total. The molecule has 12 nitrogen and oxygen atoms in total. The summed E-state index contributed by atoms with van der Waals surface area (Å²) in [7, 11) is 0. The molecule has 5 heterocycles. The summed E-state index contributed by atoms with van der Waals surface area (Å²) in [4.78, 5) is 42.7. The number of fused-ring (bicyclic) bond motifs is 1. The first-order valence-corrected chi connectivity index (χ1v) is 12.7. The van der Waals surface area contributed by atoms with E-state index in [1.807, 2.05) is 12.1 Å². The number of hydrogen-bond donors (Lipinski definition) is 3. The van der Waals surface area contributed by atoms with Gasteiger partial charge in [-0.2, -0.15) is 9.97 Å². The summed E-state index contributed by atoms with van der Waals surface area (Å²) >= 11 is 1.45. The van der Waals surface area contributed by atoms with E-state index >= 15 is 0 Å². The van der Waals surface area contributed by atoms with Gasteiger partial charge in [0.15, 0.2) is 11.5 Å². The number of rotatable bonds is 9. The zero-order chi connectivity index (χ0) is 25.1. The SMILES string of the molecule is CCCCOc1nc(N)c2[nH]c(=O)n(Cc3ccc(COC(=O)n4ccnc4C4CCNC4)s3)c2n1. The second-order valence-corrected chi connectivity index (χ2v) is 9.83. The summed E-state index contributed by atoms with van der Waals surface area (Å²) in [5.41, 5.74) is 6.45. The average Bonchev–Trinajstić information content (AvgIpc) is 3.66. The third kappa shape index (κ3) is 4.97.